The number of carbonyl (C=O) groups excluding carboxylic acids is 2. The highest BCUT2D eigenvalue weighted by molar-refractivity contribution is 6.42. The van der Waals surface area contributed by atoms with E-state index >= 15 is 0 Å². The van der Waals surface area contributed by atoms with Crippen LogP contribution in [0.25, 0.3) is 0 Å². The predicted octanol–water partition coefficient (Wildman–Crippen LogP) is 6.91. The molecule has 0 spiro atoms. The third kappa shape index (κ3) is 7.45. The second-order valence-electron chi connectivity index (χ2n) is 7.15. The predicted molar refractivity (Wildman–Crippen MR) is 139 cm³/mol. The maximum atomic E-state index is 13.0. The van der Waals surface area contributed by atoms with E-state index in [1.165, 1.54) is 0 Å². The zero-order valence-electron chi connectivity index (χ0n) is 18.3. The molecule has 0 heterocycles. The number of benzene rings is 3. The number of halogens is 3. The van der Waals surface area contributed by atoms with Crippen molar-refractivity contribution in [2.24, 2.45) is 0 Å². The quantitative estimate of drug-likeness (QED) is 0.282. The van der Waals surface area contributed by atoms with Crippen LogP contribution in [0.15, 0.2) is 66.7 Å². The van der Waals surface area contributed by atoms with Crippen molar-refractivity contribution in [3.8, 4) is 5.75 Å². The highest BCUT2D eigenvalue weighted by Crippen LogP contribution is 2.25. The molecule has 4 amide bonds. The summed E-state index contributed by atoms with van der Waals surface area (Å²) in [5, 5.41) is 9.58. The van der Waals surface area contributed by atoms with Crippen molar-refractivity contribution >= 4 is 63.9 Å². The first-order valence-electron chi connectivity index (χ1n) is 10.3. The van der Waals surface area contributed by atoms with Crippen molar-refractivity contribution < 1.29 is 14.3 Å². The molecule has 0 saturated heterocycles. The fourth-order valence-corrected chi connectivity index (χ4v) is 3.54. The standard InChI is InChI=1S/C24H23Cl3N4O3/c1-34-20-9-7-19(8-10-20)31(24(33)30-17-5-2-4-16(25)14-17)13-3-12-28-23(32)29-18-6-11-21(26)22(27)15-18/h2,4-11,14-15H,3,12-13H2,1H3,(H,30,33)(H2,28,29,32). The lowest BCUT2D eigenvalue weighted by Crippen LogP contribution is -2.38. The second kappa shape index (κ2) is 12.4. The van der Waals surface area contributed by atoms with E-state index in [1.54, 1.807) is 78.7 Å². The maximum Gasteiger partial charge on any atom is 0.326 e. The van der Waals surface area contributed by atoms with Gasteiger partial charge in [0.2, 0.25) is 0 Å². The molecule has 0 radical (unpaired) electrons. The van der Waals surface area contributed by atoms with Crippen molar-refractivity contribution in [3.05, 3.63) is 81.8 Å². The van der Waals surface area contributed by atoms with Gasteiger partial charge in [0.25, 0.3) is 0 Å². The van der Waals surface area contributed by atoms with Crippen molar-refractivity contribution in [2.75, 3.05) is 35.7 Å². The van der Waals surface area contributed by atoms with Crippen LogP contribution in [0.2, 0.25) is 15.1 Å². The van der Waals surface area contributed by atoms with Gasteiger partial charge in [0.15, 0.2) is 0 Å². The lowest BCUT2D eigenvalue weighted by Gasteiger charge is -2.24. The summed E-state index contributed by atoms with van der Waals surface area (Å²) in [7, 11) is 1.58. The van der Waals surface area contributed by atoms with Crippen LogP contribution >= 0.6 is 34.8 Å². The van der Waals surface area contributed by atoms with Gasteiger partial charge in [-0.2, -0.15) is 0 Å². The van der Waals surface area contributed by atoms with Crippen molar-refractivity contribution in [1.29, 1.82) is 0 Å². The fraction of sp³-hybridized carbons (Fsp3) is 0.167. The minimum Gasteiger partial charge on any atom is -0.497 e. The molecule has 3 aromatic rings. The lowest BCUT2D eigenvalue weighted by molar-refractivity contribution is 0.252. The molecule has 10 heteroatoms. The second-order valence-corrected chi connectivity index (χ2v) is 8.40. The highest BCUT2D eigenvalue weighted by Gasteiger charge is 2.16. The Morgan fingerprint density at radius 2 is 1.62 bits per heavy atom. The molecular weight excluding hydrogens is 499 g/mol. The van der Waals surface area contributed by atoms with Gasteiger partial charge in [-0.1, -0.05) is 40.9 Å². The van der Waals surface area contributed by atoms with Gasteiger partial charge in [-0.3, -0.25) is 4.90 Å². The van der Waals surface area contributed by atoms with E-state index < -0.39 is 6.03 Å². The number of ether oxygens (including phenoxy) is 1. The Labute approximate surface area is 212 Å². The monoisotopic (exact) mass is 520 g/mol. The van der Waals surface area contributed by atoms with E-state index in [9.17, 15) is 9.59 Å². The summed E-state index contributed by atoms with van der Waals surface area (Å²) >= 11 is 17.9. The van der Waals surface area contributed by atoms with Crippen molar-refractivity contribution in [3.63, 3.8) is 0 Å². The van der Waals surface area contributed by atoms with Gasteiger partial charge in [0.05, 0.1) is 17.2 Å². The third-order valence-corrected chi connectivity index (χ3v) is 5.70. The first kappa shape index (κ1) is 25.5. The van der Waals surface area contributed by atoms with Gasteiger partial charge in [0.1, 0.15) is 5.75 Å². The molecule has 0 aliphatic carbocycles. The smallest absolute Gasteiger partial charge is 0.326 e. The first-order valence-corrected chi connectivity index (χ1v) is 11.5. The third-order valence-electron chi connectivity index (χ3n) is 4.73. The fourth-order valence-electron chi connectivity index (χ4n) is 3.06. The number of nitrogens with one attached hydrogen (secondary N) is 3. The molecule has 34 heavy (non-hydrogen) atoms. The maximum absolute atomic E-state index is 13.0. The van der Waals surface area contributed by atoms with Crippen LogP contribution in [-0.2, 0) is 0 Å². The number of urea groups is 2. The van der Waals surface area contributed by atoms with Crippen molar-refractivity contribution in [1.82, 2.24) is 5.32 Å². The van der Waals surface area contributed by atoms with Gasteiger partial charge in [-0.15, -0.1) is 0 Å². The number of amides is 4. The largest absolute Gasteiger partial charge is 0.497 e. The summed E-state index contributed by atoms with van der Waals surface area (Å²) in [6.07, 6.45) is 0.504. The average molecular weight is 522 g/mol. The average Bonchev–Trinajstić information content (AvgIpc) is 2.81. The van der Waals surface area contributed by atoms with E-state index in [-0.39, 0.29) is 6.03 Å². The van der Waals surface area contributed by atoms with Crippen molar-refractivity contribution in [2.45, 2.75) is 6.42 Å². The zero-order valence-corrected chi connectivity index (χ0v) is 20.5. The number of rotatable bonds is 8. The molecule has 3 N–H and O–H groups in total. The summed E-state index contributed by atoms with van der Waals surface area (Å²) in [6, 6.07) is 18.1. The number of nitrogens with zero attached hydrogens (tertiary/aromatic N) is 1. The van der Waals surface area contributed by atoms with Crippen LogP contribution in [0, 0.1) is 0 Å². The molecule has 0 unspecified atom stereocenters. The number of hydrogen-bond acceptors (Lipinski definition) is 3. The normalized spacial score (nSPS) is 10.4. The van der Waals surface area contributed by atoms with Gasteiger partial charge in [-0.25, -0.2) is 9.59 Å². The minimum absolute atomic E-state index is 0.326. The Balaban J connectivity index is 1.59. The summed E-state index contributed by atoms with van der Waals surface area (Å²) in [5.74, 6) is 0.680. The molecular formula is C24H23Cl3N4O3. The molecule has 3 aromatic carbocycles. The topological polar surface area (TPSA) is 82.7 Å². The van der Waals surface area contributed by atoms with E-state index in [4.69, 9.17) is 39.5 Å². The van der Waals surface area contributed by atoms with Gasteiger partial charge < -0.3 is 20.7 Å². The summed E-state index contributed by atoms with van der Waals surface area (Å²) in [5.41, 5.74) is 1.78. The highest BCUT2D eigenvalue weighted by atomic mass is 35.5. The number of hydrogen-bond donors (Lipinski definition) is 3. The van der Waals surface area contributed by atoms with E-state index in [2.05, 4.69) is 16.0 Å². The Hall–Kier alpha value is -3.13. The first-order chi connectivity index (χ1) is 16.4. The van der Waals surface area contributed by atoms with Gasteiger partial charge >= 0.3 is 12.1 Å². The Bertz CT molecular complexity index is 1140. The molecule has 0 aliphatic rings. The molecule has 178 valence electrons. The summed E-state index contributed by atoms with van der Waals surface area (Å²) < 4.78 is 5.20. The summed E-state index contributed by atoms with van der Waals surface area (Å²) in [6.45, 7) is 0.691. The van der Waals surface area contributed by atoms with Crippen LogP contribution in [0.4, 0.5) is 26.7 Å². The molecule has 0 aromatic heterocycles. The van der Waals surface area contributed by atoms with Crippen LogP contribution in [0.1, 0.15) is 6.42 Å². The van der Waals surface area contributed by atoms with Crippen LogP contribution in [0.3, 0.4) is 0 Å². The van der Waals surface area contributed by atoms with E-state index in [1.807, 2.05) is 0 Å². The number of methoxy groups -OCH3 is 1. The van der Waals surface area contributed by atoms with Gasteiger partial charge in [0, 0.05) is 35.2 Å². The van der Waals surface area contributed by atoms with E-state index in [0.717, 1.165) is 0 Å². The number of anilines is 3. The SMILES string of the molecule is COc1ccc(N(CCCNC(=O)Nc2ccc(Cl)c(Cl)c2)C(=O)Nc2cccc(Cl)c2)cc1. The van der Waals surface area contributed by atoms with Crippen LogP contribution in [0.5, 0.6) is 5.75 Å². The molecule has 0 bridgehead atoms. The molecule has 7 nitrogen and oxygen atoms in total. The summed E-state index contributed by atoms with van der Waals surface area (Å²) in [4.78, 5) is 26.8. The Kier molecular flexibility index (Phi) is 9.27. The minimum atomic E-state index is -0.391. The van der Waals surface area contributed by atoms with Crippen LogP contribution in [-0.4, -0.2) is 32.3 Å². The molecule has 0 fully saturated rings. The van der Waals surface area contributed by atoms with Gasteiger partial charge in [-0.05, 0) is 67.1 Å². The lowest BCUT2D eigenvalue weighted by atomic mass is 10.2. The van der Waals surface area contributed by atoms with E-state index in [0.29, 0.717) is 57.4 Å². The molecule has 3 rings (SSSR count). The van der Waals surface area contributed by atoms with Crippen LogP contribution < -0.4 is 25.6 Å². The Morgan fingerprint density at radius 1 is 0.882 bits per heavy atom. The Morgan fingerprint density at radius 3 is 2.29 bits per heavy atom. The molecule has 0 aliphatic heterocycles. The number of carbonyl (C=O) groups is 2. The zero-order chi connectivity index (χ0) is 24.5. The molecule has 0 saturated carbocycles. The molecule has 0 atom stereocenters.